The van der Waals surface area contributed by atoms with Crippen molar-refractivity contribution in [3.63, 3.8) is 0 Å². The van der Waals surface area contributed by atoms with E-state index >= 15 is 0 Å². The van der Waals surface area contributed by atoms with Gasteiger partial charge >= 0.3 is 0 Å². The van der Waals surface area contributed by atoms with Gasteiger partial charge < -0.3 is 0 Å². The summed E-state index contributed by atoms with van der Waals surface area (Å²) in [6.07, 6.45) is 9.02. The van der Waals surface area contributed by atoms with Gasteiger partial charge in [-0.2, -0.15) is 5.10 Å². The summed E-state index contributed by atoms with van der Waals surface area (Å²) in [5, 5.41) is 4.15. The van der Waals surface area contributed by atoms with Crippen LogP contribution in [-0.2, 0) is 7.05 Å². The predicted molar refractivity (Wildman–Crippen MR) is 65.4 cm³/mol. The molecule has 0 aromatic carbocycles. The molecule has 1 rings (SSSR count). The molecule has 80 valence electrons. The van der Waals surface area contributed by atoms with Crippen LogP contribution < -0.4 is 0 Å². The van der Waals surface area contributed by atoms with E-state index in [1.165, 1.54) is 5.57 Å². The third-order valence-corrected chi connectivity index (χ3v) is 2.38. The molecule has 2 heteroatoms. The first kappa shape index (κ1) is 11.5. The average Bonchev–Trinajstić information content (AvgIpc) is 2.65. The molecule has 0 radical (unpaired) electrons. The molecule has 0 spiro atoms. The van der Waals surface area contributed by atoms with Crippen molar-refractivity contribution in [3.8, 4) is 0 Å². The lowest BCUT2D eigenvalue weighted by Crippen LogP contribution is -1.95. The first-order valence-corrected chi connectivity index (χ1v) is 5.19. The lowest BCUT2D eigenvalue weighted by atomic mass is 10.1. The predicted octanol–water partition coefficient (Wildman–Crippen LogP) is 3.35. The number of aromatic nitrogens is 2. The molecular weight excluding hydrogens is 184 g/mol. The summed E-state index contributed by atoms with van der Waals surface area (Å²) in [4.78, 5) is 0. The number of nitrogens with zero attached hydrogens (tertiary/aromatic N) is 2. The van der Waals surface area contributed by atoms with Crippen LogP contribution in [0.1, 0.15) is 26.0 Å². The van der Waals surface area contributed by atoms with Crippen LogP contribution >= 0.6 is 0 Å². The molecule has 1 aromatic heterocycles. The van der Waals surface area contributed by atoms with Gasteiger partial charge in [-0.15, -0.1) is 0 Å². The number of allylic oxidation sites excluding steroid dienone is 5. The van der Waals surface area contributed by atoms with Crippen molar-refractivity contribution >= 4 is 5.57 Å². The highest BCUT2D eigenvalue weighted by Crippen LogP contribution is 2.15. The van der Waals surface area contributed by atoms with Crippen molar-refractivity contribution < 1.29 is 0 Å². The second-order valence-electron chi connectivity index (χ2n) is 3.43. The molecule has 0 fully saturated rings. The highest BCUT2D eigenvalue weighted by molar-refractivity contribution is 5.72. The Bertz CT molecular complexity index is 394. The van der Waals surface area contributed by atoms with Gasteiger partial charge in [0.25, 0.3) is 0 Å². The maximum Gasteiger partial charge on any atom is 0.0675 e. The first-order valence-electron chi connectivity index (χ1n) is 5.19. The van der Waals surface area contributed by atoms with E-state index < -0.39 is 0 Å². The molecule has 0 aliphatic rings. The fourth-order valence-electron chi connectivity index (χ4n) is 1.31. The highest BCUT2D eigenvalue weighted by Gasteiger charge is 2.00. The van der Waals surface area contributed by atoms with Crippen LogP contribution in [0.25, 0.3) is 5.57 Å². The van der Waals surface area contributed by atoms with Crippen molar-refractivity contribution in [2.45, 2.75) is 20.3 Å². The van der Waals surface area contributed by atoms with Crippen LogP contribution in [0.3, 0.4) is 0 Å². The van der Waals surface area contributed by atoms with Gasteiger partial charge in [-0.05, 0) is 25.0 Å². The van der Waals surface area contributed by atoms with E-state index in [4.69, 9.17) is 0 Å². The maximum atomic E-state index is 4.15. The zero-order chi connectivity index (χ0) is 11.3. The Balaban J connectivity index is 2.88. The summed E-state index contributed by atoms with van der Waals surface area (Å²) < 4.78 is 1.87. The topological polar surface area (TPSA) is 17.8 Å². The molecule has 0 aliphatic heterocycles. The fourth-order valence-corrected chi connectivity index (χ4v) is 1.31. The van der Waals surface area contributed by atoms with E-state index in [9.17, 15) is 0 Å². The van der Waals surface area contributed by atoms with Gasteiger partial charge in [-0.3, -0.25) is 4.68 Å². The minimum atomic E-state index is 0.985. The fraction of sp³-hybridized carbons (Fsp3) is 0.308. The number of aryl methyl sites for hydroxylation is 1. The smallest absolute Gasteiger partial charge is 0.0675 e. The Kier molecular flexibility index (Phi) is 4.10. The zero-order valence-corrected chi connectivity index (χ0v) is 9.70. The van der Waals surface area contributed by atoms with E-state index in [2.05, 4.69) is 36.8 Å². The van der Waals surface area contributed by atoms with Gasteiger partial charge in [0.2, 0.25) is 0 Å². The molecule has 0 saturated heterocycles. The monoisotopic (exact) mass is 202 g/mol. The molecule has 0 aliphatic carbocycles. The Hall–Kier alpha value is -1.57. The van der Waals surface area contributed by atoms with Crippen molar-refractivity contribution in [1.29, 1.82) is 0 Å². The summed E-state index contributed by atoms with van der Waals surface area (Å²) in [7, 11) is 1.95. The standard InChI is InChI=1S/C13H18N2/c1-5-11(3)7-8-12(6-2)13-9-10-14-15(13)4/h6-10H,3,5H2,1-2,4H3/b8-7-,12-6+. The van der Waals surface area contributed by atoms with Crippen LogP contribution in [-0.4, -0.2) is 9.78 Å². The lowest BCUT2D eigenvalue weighted by molar-refractivity contribution is 0.757. The van der Waals surface area contributed by atoms with Gasteiger partial charge in [0.05, 0.1) is 5.69 Å². The summed E-state index contributed by atoms with van der Waals surface area (Å²) in [5.41, 5.74) is 3.43. The Morgan fingerprint density at radius 2 is 2.27 bits per heavy atom. The molecule has 15 heavy (non-hydrogen) atoms. The van der Waals surface area contributed by atoms with Crippen molar-refractivity contribution in [2.75, 3.05) is 0 Å². The molecule has 2 nitrogen and oxygen atoms in total. The Labute approximate surface area is 91.6 Å². The lowest BCUT2D eigenvalue weighted by Gasteiger charge is -2.02. The number of rotatable bonds is 4. The van der Waals surface area contributed by atoms with Crippen molar-refractivity contribution in [2.24, 2.45) is 7.05 Å². The average molecular weight is 202 g/mol. The van der Waals surface area contributed by atoms with Crippen LogP contribution in [0.15, 0.2) is 42.6 Å². The summed E-state index contributed by atoms with van der Waals surface area (Å²) in [5.74, 6) is 0. The molecule has 1 heterocycles. The first-order chi connectivity index (χ1) is 7.19. The van der Waals surface area contributed by atoms with Gasteiger partial charge in [0, 0.05) is 13.2 Å². The maximum absolute atomic E-state index is 4.15. The van der Waals surface area contributed by atoms with Crippen LogP contribution in [0.4, 0.5) is 0 Å². The SMILES string of the molecule is C=C(/C=C\C(=C/C)c1ccnn1C)CC. The highest BCUT2D eigenvalue weighted by atomic mass is 15.3. The molecule has 0 saturated carbocycles. The second kappa shape index (κ2) is 5.35. The van der Waals surface area contributed by atoms with Crippen molar-refractivity contribution in [1.82, 2.24) is 9.78 Å². The molecule has 0 bridgehead atoms. The number of hydrogen-bond donors (Lipinski definition) is 0. The van der Waals surface area contributed by atoms with E-state index in [0.717, 1.165) is 17.7 Å². The van der Waals surface area contributed by atoms with E-state index in [0.29, 0.717) is 0 Å². The van der Waals surface area contributed by atoms with Crippen LogP contribution in [0, 0.1) is 0 Å². The molecule has 0 amide bonds. The zero-order valence-electron chi connectivity index (χ0n) is 9.70. The third kappa shape index (κ3) is 2.94. The molecular formula is C13H18N2. The molecule has 0 N–H and O–H groups in total. The number of hydrogen-bond acceptors (Lipinski definition) is 1. The van der Waals surface area contributed by atoms with E-state index in [1.54, 1.807) is 6.20 Å². The summed E-state index contributed by atoms with van der Waals surface area (Å²) in [6, 6.07) is 2.01. The molecule has 1 aromatic rings. The third-order valence-electron chi connectivity index (χ3n) is 2.38. The largest absolute Gasteiger partial charge is 0.268 e. The van der Waals surface area contributed by atoms with Gasteiger partial charge in [-0.1, -0.05) is 37.3 Å². The van der Waals surface area contributed by atoms with Crippen LogP contribution in [0.2, 0.25) is 0 Å². The van der Waals surface area contributed by atoms with E-state index in [1.807, 2.05) is 24.7 Å². The molecule has 0 unspecified atom stereocenters. The minimum absolute atomic E-state index is 0.985. The van der Waals surface area contributed by atoms with Gasteiger partial charge in [0.15, 0.2) is 0 Å². The second-order valence-corrected chi connectivity index (χ2v) is 3.43. The normalized spacial score (nSPS) is 12.3. The molecule has 0 atom stereocenters. The summed E-state index contributed by atoms with van der Waals surface area (Å²) >= 11 is 0. The van der Waals surface area contributed by atoms with E-state index in [-0.39, 0.29) is 0 Å². The minimum Gasteiger partial charge on any atom is -0.268 e. The van der Waals surface area contributed by atoms with Gasteiger partial charge in [0.1, 0.15) is 0 Å². The Morgan fingerprint density at radius 3 is 2.73 bits per heavy atom. The summed E-state index contributed by atoms with van der Waals surface area (Å²) in [6.45, 7) is 8.08. The van der Waals surface area contributed by atoms with Crippen molar-refractivity contribution in [3.05, 3.63) is 48.3 Å². The Morgan fingerprint density at radius 1 is 1.53 bits per heavy atom. The quantitative estimate of drug-likeness (QED) is 0.685. The van der Waals surface area contributed by atoms with Gasteiger partial charge in [-0.25, -0.2) is 0 Å². The van der Waals surface area contributed by atoms with Crippen LogP contribution in [0.5, 0.6) is 0 Å².